The molecule has 106 valence electrons. The van der Waals surface area contributed by atoms with Crippen LogP contribution in [0.15, 0.2) is 6.20 Å². The van der Waals surface area contributed by atoms with Crippen molar-refractivity contribution in [3.8, 4) is 0 Å². The third-order valence-corrected chi connectivity index (χ3v) is 5.63. The topological polar surface area (TPSA) is 94.9 Å². The van der Waals surface area contributed by atoms with Crippen molar-refractivity contribution in [2.75, 3.05) is 5.73 Å². The van der Waals surface area contributed by atoms with Crippen LogP contribution >= 0.6 is 0 Å². The van der Waals surface area contributed by atoms with E-state index in [1.54, 1.807) is 0 Å². The van der Waals surface area contributed by atoms with Crippen molar-refractivity contribution < 1.29 is 4.79 Å². The van der Waals surface area contributed by atoms with E-state index in [4.69, 9.17) is 11.5 Å². The highest BCUT2D eigenvalue weighted by Gasteiger charge is 2.49. The quantitative estimate of drug-likeness (QED) is 0.856. The van der Waals surface area contributed by atoms with Gasteiger partial charge in [-0.05, 0) is 55.8 Å². The number of primary amides is 1. The van der Waals surface area contributed by atoms with Gasteiger partial charge in [-0.15, -0.1) is 0 Å². The number of carbonyl (C=O) groups is 1. The van der Waals surface area contributed by atoms with E-state index in [9.17, 15) is 4.79 Å². The number of hydrogen-bond acceptors (Lipinski definition) is 4. The van der Waals surface area contributed by atoms with E-state index < -0.39 is 5.91 Å². The van der Waals surface area contributed by atoms with Gasteiger partial charge in [0, 0.05) is 12.1 Å². The molecule has 1 aromatic heterocycles. The van der Waals surface area contributed by atoms with Gasteiger partial charge in [0.05, 0.1) is 5.56 Å². The summed E-state index contributed by atoms with van der Waals surface area (Å²) < 4.78 is 0. The predicted molar refractivity (Wildman–Crippen MR) is 74.7 cm³/mol. The number of rotatable bonds is 2. The molecule has 1 aromatic rings. The maximum atomic E-state index is 11.2. The Bertz CT molecular complexity index is 543. The van der Waals surface area contributed by atoms with Crippen LogP contribution in [0.5, 0.6) is 0 Å². The minimum atomic E-state index is -0.556. The Morgan fingerprint density at radius 1 is 1.10 bits per heavy atom. The number of nitrogen functional groups attached to an aromatic ring is 1. The average Bonchev–Trinajstić information content (AvgIpc) is 2.37. The molecule has 4 fully saturated rings. The summed E-state index contributed by atoms with van der Waals surface area (Å²) in [7, 11) is 0. The molecule has 5 rings (SSSR count). The van der Waals surface area contributed by atoms with Gasteiger partial charge in [-0.1, -0.05) is 0 Å². The number of anilines is 1. The van der Waals surface area contributed by atoms with Gasteiger partial charge in [-0.2, -0.15) is 0 Å². The van der Waals surface area contributed by atoms with Crippen molar-refractivity contribution in [3.05, 3.63) is 17.6 Å². The predicted octanol–water partition coefficient (Wildman–Crippen LogP) is 1.70. The highest BCUT2D eigenvalue weighted by Crippen LogP contribution is 2.59. The lowest BCUT2D eigenvalue weighted by molar-refractivity contribution is -0.00561. The second kappa shape index (κ2) is 4.17. The molecule has 20 heavy (non-hydrogen) atoms. The van der Waals surface area contributed by atoms with Crippen LogP contribution in [0.2, 0.25) is 0 Å². The first-order chi connectivity index (χ1) is 9.61. The number of nitrogens with two attached hydrogens (primary N) is 2. The average molecular weight is 272 g/mol. The summed E-state index contributed by atoms with van der Waals surface area (Å²) in [5, 5.41) is 0. The lowest BCUT2D eigenvalue weighted by Gasteiger charge is -2.53. The molecule has 0 saturated heterocycles. The molecule has 1 amide bonds. The fraction of sp³-hybridized carbons (Fsp3) is 0.667. The Labute approximate surface area is 118 Å². The maximum absolute atomic E-state index is 11.2. The standard InChI is InChI=1S/C15H20N4O/c16-13-11(14(17)20)6-18-15(19-13)12-9-2-7-1-8(4-9)5-10(12)3-7/h6-10,12H,1-5H2,(H2,17,20)(H2,16,18,19). The zero-order valence-corrected chi connectivity index (χ0v) is 11.5. The molecule has 0 spiro atoms. The monoisotopic (exact) mass is 272 g/mol. The van der Waals surface area contributed by atoms with Crippen LogP contribution in [-0.4, -0.2) is 15.9 Å². The minimum absolute atomic E-state index is 0.233. The molecule has 1 heterocycles. The van der Waals surface area contributed by atoms with Crippen LogP contribution in [0.25, 0.3) is 0 Å². The van der Waals surface area contributed by atoms with E-state index >= 15 is 0 Å². The van der Waals surface area contributed by atoms with Crippen molar-refractivity contribution in [1.29, 1.82) is 0 Å². The zero-order chi connectivity index (χ0) is 13.9. The first kappa shape index (κ1) is 12.1. The Hall–Kier alpha value is -1.65. The number of nitrogens with zero attached hydrogens (tertiary/aromatic N) is 2. The molecular formula is C15H20N4O. The SMILES string of the molecule is NC(=O)c1cnc(C2C3CC4CC(C3)CC2C4)nc1N. The summed E-state index contributed by atoms with van der Waals surface area (Å²) in [5.41, 5.74) is 11.4. The second-order valence-electron chi connectivity index (χ2n) is 6.85. The summed E-state index contributed by atoms with van der Waals surface area (Å²) in [6, 6.07) is 0. The lowest BCUT2D eigenvalue weighted by Crippen LogP contribution is -2.44. The van der Waals surface area contributed by atoms with Gasteiger partial charge in [0.15, 0.2) is 0 Å². The second-order valence-corrected chi connectivity index (χ2v) is 6.85. The van der Waals surface area contributed by atoms with Crippen LogP contribution in [0.3, 0.4) is 0 Å². The number of aromatic nitrogens is 2. The van der Waals surface area contributed by atoms with Gasteiger partial charge in [-0.25, -0.2) is 9.97 Å². The molecule has 5 nitrogen and oxygen atoms in total. The molecule has 0 aliphatic heterocycles. The number of hydrogen-bond donors (Lipinski definition) is 2. The summed E-state index contributed by atoms with van der Waals surface area (Å²) in [6.07, 6.45) is 8.21. The molecule has 4 aliphatic rings. The van der Waals surface area contributed by atoms with Crippen LogP contribution in [0.1, 0.15) is 54.2 Å². The third-order valence-electron chi connectivity index (χ3n) is 5.63. The maximum Gasteiger partial charge on any atom is 0.254 e. The molecule has 0 unspecified atom stereocenters. The Morgan fingerprint density at radius 2 is 1.70 bits per heavy atom. The lowest BCUT2D eigenvalue weighted by atomic mass is 9.51. The molecule has 4 N–H and O–H groups in total. The largest absolute Gasteiger partial charge is 0.383 e. The molecule has 0 radical (unpaired) electrons. The van der Waals surface area contributed by atoms with Gasteiger partial charge >= 0.3 is 0 Å². The van der Waals surface area contributed by atoms with E-state index in [2.05, 4.69) is 9.97 Å². The van der Waals surface area contributed by atoms with E-state index in [0.717, 1.165) is 17.7 Å². The molecule has 0 aromatic carbocycles. The van der Waals surface area contributed by atoms with E-state index in [1.165, 1.54) is 38.3 Å². The fourth-order valence-corrected chi connectivity index (χ4v) is 5.11. The third kappa shape index (κ3) is 1.72. The van der Waals surface area contributed by atoms with E-state index in [0.29, 0.717) is 17.8 Å². The first-order valence-electron chi connectivity index (χ1n) is 7.54. The summed E-state index contributed by atoms with van der Waals surface area (Å²) in [4.78, 5) is 20.0. The van der Waals surface area contributed by atoms with Gasteiger partial charge in [0.1, 0.15) is 11.6 Å². The number of carbonyl (C=O) groups excluding carboxylic acids is 1. The van der Waals surface area contributed by atoms with Gasteiger partial charge in [-0.3, -0.25) is 4.79 Å². The fourth-order valence-electron chi connectivity index (χ4n) is 5.11. The van der Waals surface area contributed by atoms with Crippen molar-refractivity contribution in [2.24, 2.45) is 29.4 Å². The molecule has 4 bridgehead atoms. The van der Waals surface area contributed by atoms with Crippen molar-refractivity contribution in [3.63, 3.8) is 0 Å². The molecule has 5 heteroatoms. The van der Waals surface area contributed by atoms with Crippen LogP contribution < -0.4 is 11.5 Å². The summed E-state index contributed by atoms with van der Waals surface area (Å²) >= 11 is 0. The van der Waals surface area contributed by atoms with Gasteiger partial charge < -0.3 is 11.5 Å². The van der Waals surface area contributed by atoms with Crippen molar-refractivity contribution in [1.82, 2.24) is 9.97 Å². The molecule has 4 aliphatic carbocycles. The van der Waals surface area contributed by atoms with Crippen molar-refractivity contribution >= 4 is 11.7 Å². The zero-order valence-electron chi connectivity index (χ0n) is 11.5. The van der Waals surface area contributed by atoms with Crippen molar-refractivity contribution in [2.45, 2.75) is 38.0 Å². The van der Waals surface area contributed by atoms with E-state index in [-0.39, 0.29) is 11.4 Å². The van der Waals surface area contributed by atoms with Gasteiger partial charge in [0.2, 0.25) is 0 Å². The molecule has 4 saturated carbocycles. The normalized spacial score (nSPS) is 38.1. The van der Waals surface area contributed by atoms with Crippen LogP contribution in [-0.2, 0) is 0 Å². The Balaban J connectivity index is 1.68. The summed E-state index contributed by atoms with van der Waals surface area (Å²) in [5.74, 6) is 4.23. The first-order valence-corrected chi connectivity index (χ1v) is 7.54. The van der Waals surface area contributed by atoms with Crippen LogP contribution in [0.4, 0.5) is 5.82 Å². The molecule has 0 atom stereocenters. The van der Waals surface area contributed by atoms with Gasteiger partial charge in [0.25, 0.3) is 5.91 Å². The highest BCUT2D eigenvalue weighted by molar-refractivity contribution is 5.96. The van der Waals surface area contributed by atoms with Crippen LogP contribution in [0, 0.1) is 23.7 Å². The molecular weight excluding hydrogens is 252 g/mol. The smallest absolute Gasteiger partial charge is 0.254 e. The Kier molecular flexibility index (Phi) is 2.53. The number of amides is 1. The van der Waals surface area contributed by atoms with E-state index in [1.807, 2.05) is 0 Å². The Morgan fingerprint density at radius 3 is 2.20 bits per heavy atom. The summed E-state index contributed by atoms with van der Waals surface area (Å²) in [6.45, 7) is 0. The highest BCUT2D eigenvalue weighted by atomic mass is 16.1. The minimum Gasteiger partial charge on any atom is -0.383 e.